The Morgan fingerprint density at radius 2 is 1.72 bits per heavy atom. The van der Waals surface area contributed by atoms with Crippen LogP contribution in [-0.4, -0.2) is 12.6 Å². The molecule has 0 aliphatic heterocycles. The highest BCUT2D eigenvalue weighted by atomic mass is 14.9. The molecule has 0 radical (unpaired) electrons. The third-order valence-corrected chi connectivity index (χ3v) is 3.40. The maximum Gasteiger partial charge on any atom is 0.0924 e. The molecule has 0 aliphatic carbocycles. The lowest BCUT2D eigenvalue weighted by Gasteiger charge is -2.30. The number of nitriles is 1. The SMILES string of the molecule is Cc1cc(C)c(C(C)(C)CNC(C)C#N)c(C)c1. The van der Waals surface area contributed by atoms with Crippen molar-refractivity contribution in [2.75, 3.05) is 6.54 Å². The van der Waals surface area contributed by atoms with Crippen LogP contribution in [0.25, 0.3) is 0 Å². The van der Waals surface area contributed by atoms with Crippen molar-refractivity contribution >= 4 is 0 Å². The minimum Gasteiger partial charge on any atom is -0.301 e. The number of nitrogens with one attached hydrogen (secondary N) is 1. The van der Waals surface area contributed by atoms with Crippen molar-refractivity contribution in [2.24, 2.45) is 0 Å². The fraction of sp³-hybridized carbons (Fsp3) is 0.562. The van der Waals surface area contributed by atoms with Crippen LogP contribution in [0.4, 0.5) is 0 Å². The van der Waals surface area contributed by atoms with Crippen molar-refractivity contribution < 1.29 is 0 Å². The molecule has 2 nitrogen and oxygen atoms in total. The maximum absolute atomic E-state index is 8.84. The van der Waals surface area contributed by atoms with E-state index in [1.165, 1.54) is 22.3 Å². The molecule has 1 aromatic rings. The summed E-state index contributed by atoms with van der Waals surface area (Å²) in [5.74, 6) is 0. The lowest BCUT2D eigenvalue weighted by Crippen LogP contribution is -2.38. The van der Waals surface area contributed by atoms with Gasteiger partial charge in [-0.2, -0.15) is 5.26 Å². The van der Waals surface area contributed by atoms with Crippen molar-refractivity contribution in [1.82, 2.24) is 5.32 Å². The molecule has 1 N–H and O–H groups in total. The van der Waals surface area contributed by atoms with E-state index >= 15 is 0 Å². The summed E-state index contributed by atoms with van der Waals surface area (Å²) in [7, 11) is 0. The molecule has 0 spiro atoms. The lowest BCUT2D eigenvalue weighted by molar-refractivity contribution is 0.453. The van der Waals surface area contributed by atoms with Crippen LogP contribution in [0.3, 0.4) is 0 Å². The quantitative estimate of drug-likeness (QED) is 0.881. The molecule has 1 unspecified atom stereocenters. The van der Waals surface area contributed by atoms with Crippen molar-refractivity contribution in [1.29, 1.82) is 5.26 Å². The zero-order chi connectivity index (χ0) is 13.9. The molecule has 0 saturated carbocycles. The number of hydrogen-bond donors (Lipinski definition) is 1. The van der Waals surface area contributed by atoms with Gasteiger partial charge in [0.05, 0.1) is 12.1 Å². The predicted octanol–water partition coefficient (Wildman–Crippen LogP) is 3.39. The monoisotopic (exact) mass is 244 g/mol. The Morgan fingerprint density at radius 1 is 1.22 bits per heavy atom. The first-order chi connectivity index (χ1) is 8.27. The minimum absolute atomic E-state index is 0.0347. The van der Waals surface area contributed by atoms with Gasteiger partial charge in [-0.3, -0.25) is 0 Å². The minimum atomic E-state index is -0.102. The Kier molecular flexibility index (Phi) is 4.53. The standard InChI is InChI=1S/C16H24N2/c1-11-7-12(2)15(13(3)8-11)16(5,6)10-18-14(4)9-17/h7-8,14,18H,10H2,1-6H3. The van der Waals surface area contributed by atoms with Crippen LogP contribution in [0.2, 0.25) is 0 Å². The zero-order valence-corrected chi connectivity index (χ0v) is 12.4. The summed E-state index contributed by atoms with van der Waals surface area (Å²) in [5.41, 5.74) is 5.41. The molecule has 1 rings (SSSR count). The molecule has 0 amide bonds. The number of rotatable bonds is 4. The van der Waals surface area contributed by atoms with Crippen molar-refractivity contribution in [3.8, 4) is 6.07 Å². The highest BCUT2D eigenvalue weighted by Gasteiger charge is 2.24. The van der Waals surface area contributed by atoms with Crippen LogP contribution in [-0.2, 0) is 5.41 Å². The third-order valence-electron chi connectivity index (χ3n) is 3.40. The number of benzene rings is 1. The molecule has 0 fully saturated rings. The first kappa shape index (κ1) is 14.7. The fourth-order valence-electron chi connectivity index (χ4n) is 2.79. The second-order valence-electron chi connectivity index (χ2n) is 5.89. The normalized spacial score (nSPS) is 13.2. The second kappa shape index (κ2) is 5.54. The molecule has 0 aliphatic rings. The van der Waals surface area contributed by atoms with E-state index in [9.17, 15) is 0 Å². The van der Waals surface area contributed by atoms with E-state index in [1.807, 2.05) is 6.92 Å². The van der Waals surface area contributed by atoms with Crippen LogP contribution < -0.4 is 5.32 Å². The summed E-state index contributed by atoms with van der Waals surface area (Å²) < 4.78 is 0. The van der Waals surface area contributed by atoms with E-state index in [2.05, 4.69) is 58.1 Å². The molecular weight excluding hydrogens is 220 g/mol. The predicted molar refractivity (Wildman–Crippen MR) is 76.8 cm³/mol. The average Bonchev–Trinajstić information content (AvgIpc) is 2.24. The molecule has 1 aromatic carbocycles. The number of hydrogen-bond acceptors (Lipinski definition) is 2. The van der Waals surface area contributed by atoms with Gasteiger partial charge in [-0.15, -0.1) is 0 Å². The Morgan fingerprint density at radius 3 is 2.17 bits per heavy atom. The van der Waals surface area contributed by atoms with E-state index < -0.39 is 0 Å². The van der Waals surface area contributed by atoms with Crippen LogP contribution in [0.15, 0.2) is 12.1 Å². The first-order valence-electron chi connectivity index (χ1n) is 6.49. The Labute approximate surface area is 111 Å². The average molecular weight is 244 g/mol. The summed E-state index contributed by atoms with van der Waals surface area (Å²) in [6.07, 6.45) is 0. The van der Waals surface area contributed by atoms with Gasteiger partial charge in [0, 0.05) is 12.0 Å². The summed E-state index contributed by atoms with van der Waals surface area (Å²) >= 11 is 0. The third kappa shape index (κ3) is 3.34. The first-order valence-corrected chi connectivity index (χ1v) is 6.49. The van der Waals surface area contributed by atoms with Gasteiger partial charge in [0.15, 0.2) is 0 Å². The Bertz CT molecular complexity index is 443. The van der Waals surface area contributed by atoms with E-state index in [0.29, 0.717) is 0 Å². The molecule has 1 atom stereocenters. The summed E-state index contributed by atoms with van der Waals surface area (Å²) in [4.78, 5) is 0. The van der Waals surface area contributed by atoms with Gasteiger partial charge in [-0.25, -0.2) is 0 Å². The van der Waals surface area contributed by atoms with Crippen molar-refractivity contribution in [3.63, 3.8) is 0 Å². The van der Waals surface area contributed by atoms with Crippen LogP contribution in [0.5, 0.6) is 0 Å². The van der Waals surface area contributed by atoms with Crippen molar-refractivity contribution in [2.45, 2.75) is 53.0 Å². The summed E-state index contributed by atoms with van der Waals surface area (Å²) in [6.45, 7) is 13.6. The maximum atomic E-state index is 8.84. The van der Waals surface area contributed by atoms with E-state index in [0.717, 1.165) is 6.54 Å². The highest BCUT2D eigenvalue weighted by Crippen LogP contribution is 2.29. The van der Waals surface area contributed by atoms with Gasteiger partial charge >= 0.3 is 0 Å². The van der Waals surface area contributed by atoms with Gasteiger partial charge in [0.2, 0.25) is 0 Å². The summed E-state index contributed by atoms with van der Waals surface area (Å²) in [5, 5.41) is 12.1. The fourth-order valence-corrected chi connectivity index (χ4v) is 2.79. The van der Waals surface area contributed by atoms with E-state index in [1.54, 1.807) is 0 Å². The van der Waals surface area contributed by atoms with E-state index in [4.69, 9.17) is 5.26 Å². The molecule has 2 heteroatoms. The van der Waals surface area contributed by atoms with Gasteiger partial charge in [-0.05, 0) is 44.4 Å². The Hall–Kier alpha value is -1.33. The molecule has 0 saturated heterocycles. The lowest BCUT2D eigenvalue weighted by atomic mass is 9.78. The number of aryl methyl sites for hydroxylation is 3. The van der Waals surface area contributed by atoms with Gasteiger partial charge in [0.1, 0.15) is 0 Å². The molecule has 0 bridgehead atoms. The molecule has 18 heavy (non-hydrogen) atoms. The Balaban J connectivity index is 3.02. The van der Waals surface area contributed by atoms with Crippen LogP contribution in [0.1, 0.15) is 43.0 Å². The van der Waals surface area contributed by atoms with Crippen molar-refractivity contribution in [3.05, 3.63) is 34.4 Å². The van der Waals surface area contributed by atoms with Gasteiger partial charge < -0.3 is 5.32 Å². The largest absolute Gasteiger partial charge is 0.301 e. The van der Waals surface area contributed by atoms with Gasteiger partial charge in [-0.1, -0.05) is 31.5 Å². The smallest absolute Gasteiger partial charge is 0.0924 e. The van der Waals surface area contributed by atoms with Crippen LogP contribution in [0, 0.1) is 32.1 Å². The molecular formula is C16H24N2. The topological polar surface area (TPSA) is 35.8 Å². The molecule has 98 valence electrons. The van der Waals surface area contributed by atoms with E-state index in [-0.39, 0.29) is 11.5 Å². The zero-order valence-electron chi connectivity index (χ0n) is 12.4. The summed E-state index contributed by atoms with van der Waals surface area (Å²) in [6, 6.07) is 6.58. The van der Waals surface area contributed by atoms with Gasteiger partial charge in [0.25, 0.3) is 0 Å². The second-order valence-corrected chi connectivity index (χ2v) is 5.89. The van der Waals surface area contributed by atoms with Crippen LogP contribution >= 0.6 is 0 Å². The molecule has 0 heterocycles. The highest BCUT2D eigenvalue weighted by molar-refractivity contribution is 5.42. The number of nitrogens with zero attached hydrogens (tertiary/aromatic N) is 1. The molecule has 0 aromatic heterocycles.